The fourth-order valence-electron chi connectivity index (χ4n) is 2.76. The number of aromatic nitrogens is 1. The van der Waals surface area contributed by atoms with Crippen molar-refractivity contribution in [1.29, 1.82) is 0 Å². The molecule has 130 valence electrons. The second-order valence-electron chi connectivity index (χ2n) is 6.02. The van der Waals surface area contributed by atoms with Crippen LogP contribution in [0.5, 0.6) is 0 Å². The first-order valence-electron chi connectivity index (χ1n) is 7.61. The lowest BCUT2D eigenvalue weighted by molar-refractivity contribution is 0.601. The van der Waals surface area contributed by atoms with Crippen LogP contribution in [0.4, 0.5) is 10.1 Å². The second-order valence-corrected chi connectivity index (χ2v) is 7.67. The lowest BCUT2D eigenvalue weighted by Gasteiger charge is -2.14. The first-order valence-corrected chi connectivity index (χ1v) is 9.09. The van der Waals surface area contributed by atoms with Crippen molar-refractivity contribution in [1.82, 2.24) is 4.98 Å². The number of hydrogen-bond donors (Lipinski definition) is 2. The molecule has 7 heteroatoms. The number of aromatic amines is 1. The largest absolute Gasteiger partial charge is 0.321 e. The summed E-state index contributed by atoms with van der Waals surface area (Å²) in [6.45, 7) is 5.02. The Balaban J connectivity index is 2.24. The first kappa shape index (κ1) is 17.2. The highest BCUT2D eigenvalue weighted by Gasteiger charge is 2.21. The Morgan fingerprint density at radius 3 is 2.52 bits per heavy atom. The molecule has 3 aromatic rings. The van der Waals surface area contributed by atoms with Gasteiger partial charge < -0.3 is 4.98 Å². The summed E-state index contributed by atoms with van der Waals surface area (Å²) < 4.78 is 41.9. The highest BCUT2D eigenvalue weighted by atomic mass is 32.2. The number of hydrogen-bond acceptors (Lipinski definition) is 3. The fraction of sp³-hybridized carbons (Fsp3) is 0.167. The molecule has 1 aromatic heterocycles. The molecule has 0 unspecified atom stereocenters. The molecule has 0 spiro atoms. The summed E-state index contributed by atoms with van der Waals surface area (Å²) in [6.07, 6.45) is 0. The van der Waals surface area contributed by atoms with Gasteiger partial charge in [0.15, 0.2) is 0 Å². The molecule has 3 rings (SSSR count). The van der Waals surface area contributed by atoms with Crippen LogP contribution in [0.25, 0.3) is 10.9 Å². The first-order chi connectivity index (χ1) is 11.7. The molecule has 0 bridgehead atoms. The smallest absolute Gasteiger partial charge is 0.264 e. The molecule has 0 saturated heterocycles. The molecule has 2 aromatic carbocycles. The Morgan fingerprint density at radius 1 is 1.08 bits per heavy atom. The molecule has 0 amide bonds. The zero-order valence-electron chi connectivity index (χ0n) is 14.0. The number of nitrogens with one attached hydrogen (secondary N) is 2. The Kier molecular flexibility index (Phi) is 4.12. The molecule has 0 aliphatic rings. The second kappa shape index (κ2) is 6.00. The number of pyridine rings is 1. The van der Waals surface area contributed by atoms with Gasteiger partial charge in [0, 0.05) is 17.0 Å². The molecule has 0 fully saturated rings. The van der Waals surface area contributed by atoms with Gasteiger partial charge >= 0.3 is 0 Å². The zero-order valence-corrected chi connectivity index (χ0v) is 14.8. The predicted octanol–water partition coefficient (Wildman–Crippen LogP) is 3.39. The van der Waals surface area contributed by atoms with E-state index in [2.05, 4.69) is 9.71 Å². The number of anilines is 1. The number of rotatable bonds is 3. The van der Waals surface area contributed by atoms with E-state index in [1.165, 1.54) is 37.3 Å². The molecule has 0 saturated carbocycles. The number of aryl methyl sites for hydroxylation is 2. The Hall–Kier alpha value is -2.67. The quantitative estimate of drug-likeness (QED) is 0.751. The minimum Gasteiger partial charge on any atom is -0.321 e. The topological polar surface area (TPSA) is 79.0 Å². The Labute approximate surface area is 144 Å². The monoisotopic (exact) mass is 360 g/mol. The van der Waals surface area contributed by atoms with Gasteiger partial charge in [-0.25, -0.2) is 12.8 Å². The van der Waals surface area contributed by atoms with Crippen LogP contribution in [0.2, 0.25) is 0 Å². The highest BCUT2D eigenvalue weighted by molar-refractivity contribution is 7.93. The van der Waals surface area contributed by atoms with Gasteiger partial charge in [-0.2, -0.15) is 0 Å². The van der Waals surface area contributed by atoms with Crippen molar-refractivity contribution in [3.8, 4) is 0 Å². The zero-order chi connectivity index (χ0) is 18.4. The van der Waals surface area contributed by atoms with E-state index >= 15 is 0 Å². The summed E-state index contributed by atoms with van der Waals surface area (Å²) >= 11 is 0. The van der Waals surface area contributed by atoms with E-state index in [4.69, 9.17) is 0 Å². The van der Waals surface area contributed by atoms with Crippen molar-refractivity contribution in [2.75, 3.05) is 4.72 Å². The van der Waals surface area contributed by atoms with Crippen LogP contribution < -0.4 is 10.3 Å². The molecule has 0 radical (unpaired) electrons. The van der Waals surface area contributed by atoms with Crippen molar-refractivity contribution in [3.05, 3.63) is 69.3 Å². The van der Waals surface area contributed by atoms with Crippen molar-refractivity contribution in [2.45, 2.75) is 25.7 Å². The summed E-state index contributed by atoms with van der Waals surface area (Å²) in [4.78, 5) is 14.4. The lowest BCUT2D eigenvalue weighted by atomic mass is 10.1. The van der Waals surface area contributed by atoms with E-state index in [0.29, 0.717) is 10.9 Å². The molecule has 0 aliphatic carbocycles. The summed E-state index contributed by atoms with van der Waals surface area (Å²) in [7, 11) is -4.02. The van der Waals surface area contributed by atoms with Crippen LogP contribution in [-0.4, -0.2) is 13.4 Å². The predicted molar refractivity (Wildman–Crippen MR) is 96.0 cm³/mol. The van der Waals surface area contributed by atoms with Crippen molar-refractivity contribution in [3.63, 3.8) is 0 Å². The summed E-state index contributed by atoms with van der Waals surface area (Å²) in [5, 5.41) is 0.649. The number of fused-ring (bicyclic) bond motifs is 1. The Morgan fingerprint density at radius 2 is 1.80 bits per heavy atom. The highest BCUT2D eigenvalue weighted by Crippen LogP contribution is 2.27. The Bertz CT molecular complexity index is 1150. The van der Waals surface area contributed by atoms with E-state index in [9.17, 15) is 17.6 Å². The van der Waals surface area contributed by atoms with Gasteiger partial charge in [0.1, 0.15) is 10.7 Å². The third kappa shape index (κ3) is 3.15. The maximum absolute atomic E-state index is 13.7. The molecular formula is C18H17FN2O3S. The average Bonchev–Trinajstić information content (AvgIpc) is 2.52. The van der Waals surface area contributed by atoms with E-state index in [-0.39, 0.29) is 27.2 Å². The molecule has 1 heterocycles. The average molecular weight is 360 g/mol. The molecule has 0 atom stereocenters. The van der Waals surface area contributed by atoms with Gasteiger partial charge in [-0.15, -0.1) is 0 Å². The number of halogens is 1. The van der Waals surface area contributed by atoms with Gasteiger partial charge in [0.25, 0.3) is 10.0 Å². The minimum atomic E-state index is -4.02. The molecule has 5 nitrogen and oxygen atoms in total. The maximum atomic E-state index is 13.7. The van der Waals surface area contributed by atoms with Crippen molar-refractivity contribution < 1.29 is 12.8 Å². The molecule has 25 heavy (non-hydrogen) atoms. The van der Waals surface area contributed by atoms with Gasteiger partial charge in [-0.05, 0) is 56.2 Å². The number of sulfonamides is 1. The van der Waals surface area contributed by atoms with Crippen LogP contribution in [-0.2, 0) is 10.0 Å². The van der Waals surface area contributed by atoms with Gasteiger partial charge in [-0.1, -0.05) is 6.07 Å². The number of benzene rings is 2. The van der Waals surface area contributed by atoms with E-state index in [0.717, 1.165) is 5.56 Å². The normalized spacial score (nSPS) is 11.7. The van der Waals surface area contributed by atoms with Crippen LogP contribution in [0.3, 0.4) is 0 Å². The van der Waals surface area contributed by atoms with Crippen LogP contribution >= 0.6 is 0 Å². The van der Waals surface area contributed by atoms with Gasteiger partial charge in [0.05, 0.1) is 11.2 Å². The van der Waals surface area contributed by atoms with E-state index < -0.39 is 15.8 Å². The maximum Gasteiger partial charge on any atom is 0.264 e. The third-order valence-corrected chi connectivity index (χ3v) is 5.46. The summed E-state index contributed by atoms with van der Waals surface area (Å²) in [5.41, 5.74) is 1.63. The number of H-pyrrole nitrogens is 1. The third-order valence-electron chi connectivity index (χ3n) is 4.07. The van der Waals surface area contributed by atoms with Gasteiger partial charge in [0.2, 0.25) is 5.56 Å². The minimum absolute atomic E-state index is 0.0491. The van der Waals surface area contributed by atoms with E-state index in [1.54, 1.807) is 13.8 Å². The fourth-order valence-corrected chi connectivity index (χ4v) is 4.15. The standard InChI is InChI=1S/C18H17FN2O3S/c1-10-7-13-11(2)9-17(22)20-18(13)16(8-10)25(23,24)21-15-6-4-5-14(19)12(15)3/h4-9,21H,1-3H3,(H,20,22). The SMILES string of the molecule is Cc1cc(S(=O)(=O)Nc2cccc(F)c2C)c2[nH]c(=O)cc(C)c2c1. The van der Waals surface area contributed by atoms with E-state index in [1.807, 2.05) is 6.07 Å². The molecular weight excluding hydrogens is 343 g/mol. The van der Waals surface area contributed by atoms with Crippen molar-refractivity contribution >= 4 is 26.6 Å². The van der Waals surface area contributed by atoms with Crippen LogP contribution in [0.15, 0.2) is 46.1 Å². The summed E-state index contributed by atoms with van der Waals surface area (Å²) in [6, 6.07) is 8.89. The van der Waals surface area contributed by atoms with Gasteiger partial charge in [-0.3, -0.25) is 9.52 Å². The van der Waals surface area contributed by atoms with Crippen LogP contribution in [0.1, 0.15) is 16.7 Å². The molecule has 2 N–H and O–H groups in total. The van der Waals surface area contributed by atoms with Crippen molar-refractivity contribution in [2.24, 2.45) is 0 Å². The lowest BCUT2D eigenvalue weighted by Crippen LogP contribution is -2.17. The van der Waals surface area contributed by atoms with Crippen LogP contribution in [0, 0.1) is 26.6 Å². The summed E-state index contributed by atoms with van der Waals surface area (Å²) in [5.74, 6) is -0.501. The molecule has 0 aliphatic heterocycles.